The van der Waals surface area contributed by atoms with E-state index in [1.807, 2.05) is 0 Å². The summed E-state index contributed by atoms with van der Waals surface area (Å²) in [5, 5.41) is 13.8. The molecule has 20 heavy (non-hydrogen) atoms. The average molecular weight is 291 g/mol. The van der Waals surface area contributed by atoms with Crippen LogP contribution in [-0.2, 0) is 0 Å². The Balaban J connectivity index is 2.08. The summed E-state index contributed by atoms with van der Waals surface area (Å²) in [6.07, 6.45) is 0. The summed E-state index contributed by atoms with van der Waals surface area (Å²) >= 11 is 1.33. The normalized spacial score (nSPS) is 11.9. The molecule has 104 valence electrons. The van der Waals surface area contributed by atoms with Crippen molar-refractivity contribution in [3.63, 3.8) is 0 Å². The molecule has 0 aliphatic carbocycles. The maximum absolute atomic E-state index is 11.9. The topological polar surface area (TPSA) is 105 Å². The number of carbonyl (C=O) groups excluding carboxylic acids is 1. The van der Waals surface area contributed by atoms with Gasteiger partial charge in [-0.3, -0.25) is 4.79 Å². The van der Waals surface area contributed by atoms with Gasteiger partial charge in [0.15, 0.2) is 0 Å². The lowest BCUT2D eigenvalue weighted by atomic mass is 10.2. The fraction of sp³-hybridized carbons (Fsp3) is 0.154. The molecule has 1 unspecified atom stereocenters. The maximum atomic E-state index is 11.9. The molecule has 1 aromatic carbocycles. The number of nitrogens with one attached hydrogen (secondary N) is 1. The van der Waals surface area contributed by atoms with Crippen LogP contribution in [0.2, 0.25) is 0 Å². The lowest BCUT2D eigenvalue weighted by Gasteiger charge is -2.03. The van der Waals surface area contributed by atoms with Crippen LogP contribution in [0, 0.1) is 0 Å². The van der Waals surface area contributed by atoms with Crippen molar-refractivity contribution in [3.8, 4) is 0 Å². The van der Waals surface area contributed by atoms with E-state index in [9.17, 15) is 9.59 Å². The first-order valence-corrected chi connectivity index (χ1v) is 6.71. The number of hydrogen-bond acceptors (Lipinski definition) is 5. The van der Waals surface area contributed by atoms with Gasteiger partial charge in [0.2, 0.25) is 0 Å². The second-order valence-electron chi connectivity index (χ2n) is 4.20. The molecule has 7 heteroatoms. The zero-order valence-corrected chi connectivity index (χ0v) is 11.5. The number of benzene rings is 1. The van der Waals surface area contributed by atoms with E-state index in [4.69, 9.17) is 10.8 Å². The molecule has 4 N–H and O–H groups in total. The molecule has 0 saturated carbocycles. The van der Waals surface area contributed by atoms with Gasteiger partial charge in [-0.15, -0.1) is 11.3 Å². The minimum atomic E-state index is -1.01. The number of carbonyl (C=O) groups is 2. The first-order valence-electron chi connectivity index (χ1n) is 5.83. The van der Waals surface area contributed by atoms with Gasteiger partial charge in [0.25, 0.3) is 5.91 Å². The molecular weight excluding hydrogens is 278 g/mol. The van der Waals surface area contributed by atoms with E-state index in [1.165, 1.54) is 35.6 Å². The van der Waals surface area contributed by atoms with E-state index >= 15 is 0 Å². The van der Waals surface area contributed by atoms with Crippen molar-refractivity contribution >= 4 is 28.9 Å². The monoisotopic (exact) mass is 291 g/mol. The number of anilines is 1. The predicted molar refractivity (Wildman–Crippen MR) is 76.1 cm³/mol. The van der Waals surface area contributed by atoms with Crippen molar-refractivity contribution in [3.05, 3.63) is 45.9 Å². The molecule has 1 aromatic heterocycles. The van der Waals surface area contributed by atoms with Crippen molar-refractivity contribution in [2.75, 3.05) is 5.32 Å². The molecule has 0 spiro atoms. The van der Waals surface area contributed by atoms with Gasteiger partial charge in [0.05, 0.1) is 11.6 Å². The third-order valence-electron chi connectivity index (χ3n) is 2.53. The Bertz CT molecular complexity index is 635. The Morgan fingerprint density at radius 1 is 1.35 bits per heavy atom. The van der Waals surface area contributed by atoms with Crippen LogP contribution in [-0.4, -0.2) is 22.0 Å². The second-order valence-corrected chi connectivity index (χ2v) is 5.09. The molecule has 0 fully saturated rings. The molecule has 0 aliphatic heterocycles. The smallest absolute Gasteiger partial charge is 0.335 e. The fourth-order valence-electron chi connectivity index (χ4n) is 1.49. The fourth-order valence-corrected chi connectivity index (χ4v) is 2.25. The van der Waals surface area contributed by atoms with Crippen LogP contribution in [0.15, 0.2) is 29.6 Å². The SMILES string of the molecule is CC(N)c1nc(C(=O)Nc2ccc(C(=O)O)cc2)cs1. The Kier molecular flexibility index (Phi) is 4.11. The molecule has 0 bridgehead atoms. The van der Waals surface area contributed by atoms with E-state index in [0.717, 1.165) is 0 Å². The predicted octanol–water partition coefficient (Wildman–Crippen LogP) is 2.11. The van der Waals surface area contributed by atoms with E-state index in [1.54, 1.807) is 12.3 Å². The van der Waals surface area contributed by atoms with E-state index in [2.05, 4.69) is 10.3 Å². The van der Waals surface area contributed by atoms with Gasteiger partial charge < -0.3 is 16.2 Å². The number of carboxylic acids is 1. The zero-order chi connectivity index (χ0) is 14.7. The van der Waals surface area contributed by atoms with Crippen molar-refractivity contribution in [1.82, 2.24) is 4.98 Å². The van der Waals surface area contributed by atoms with Crippen LogP contribution in [0.5, 0.6) is 0 Å². The summed E-state index contributed by atoms with van der Waals surface area (Å²) in [7, 11) is 0. The lowest BCUT2D eigenvalue weighted by molar-refractivity contribution is 0.0696. The number of hydrogen-bond donors (Lipinski definition) is 3. The van der Waals surface area contributed by atoms with Gasteiger partial charge >= 0.3 is 5.97 Å². The molecule has 2 rings (SSSR count). The number of thiazole rings is 1. The maximum Gasteiger partial charge on any atom is 0.335 e. The van der Waals surface area contributed by atoms with Gasteiger partial charge in [0.1, 0.15) is 10.7 Å². The van der Waals surface area contributed by atoms with Crippen molar-refractivity contribution in [2.45, 2.75) is 13.0 Å². The van der Waals surface area contributed by atoms with E-state index < -0.39 is 5.97 Å². The van der Waals surface area contributed by atoms with Crippen LogP contribution in [0.4, 0.5) is 5.69 Å². The third-order valence-corrected chi connectivity index (χ3v) is 3.58. The van der Waals surface area contributed by atoms with Crippen LogP contribution in [0.1, 0.15) is 38.8 Å². The third kappa shape index (κ3) is 3.19. The minimum absolute atomic E-state index is 0.163. The number of aromatic carboxylic acids is 1. The highest BCUT2D eigenvalue weighted by molar-refractivity contribution is 7.09. The standard InChI is InChI=1S/C13H13N3O3S/c1-7(14)12-16-10(6-20-12)11(17)15-9-4-2-8(3-5-9)13(18)19/h2-7H,14H2,1H3,(H,15,17)(H,18,19). The van der Waals surface area contributed by atoms with Crippen LogP contribution in [0.3, 0.4) is 0 Å². The summed E-state index contributed by atoms with van der Waals surface area (Å²) < 4.78 is 0. The van der Waals surface area contributed by atoms with Crippen molar-refractivity contribution in [2.24, 2.45) is 5.73 Å². The molecule has 0 radical (unpaired) electrons. The Morgan fingerprint density at radius 2 is 2.00 bits per heavy atom. The van der Waals surface area contributed by atoms with Gasteiger partial charge in [-0.1, -0.05) is 0 Å². The molecule has 1 heterocycles. The summed E-state index contributed by atoms with van der Waals surface area (Å²) in [5.74, 6) is -1.36. The average Bonchev–Trinajstić information content (AvgIpc) is 2.89. The highest BCUT2D eigenvalue weighted by Crippen LogP contribution is 2.17. The van der Waals surface area contributed by atoms with E-state index in [-0.39, 0.29) is 17.5 Å². The Hall–Kier alpha value is -2.25. The van der Waals surface area contributed by atoms with Crippen LogP contribution >= 0.6 is 11.3 Å². The summed E-state index contributed by atoms with van der Waals surface area (Å²) in [4.78, 5) is 26.8. The van der Waals surface area contributed by atoms with Crippen molar-refractivity contribution in [1.29, 1.82) is 0 Å². The lowest BCUT2D eigenvalue weighted by Crippen LogP contribution is -2.13. The Morgan fingerprint density at radius 3 is 2.50 bits per heavy atom. The van der Waals surface area contributed by atoms with Gasteiger partial charge in [0, 0.05) is 11.1 Å². The number of nitrogens with zero attached hydrogens (tertiary/aromatic N) is 1. The number of nitrogens with two attached hydrogens (primary N) is 1. The molecule has 0 saturated heterocycles. The van der Waals surface area contributed by atoms with Crippen molar-refractivity contribution < 1.29 is 14.7 Å². The van der Waals surface area contributed by atoms with Crippen LogP contribution < -0.4 is 11.1 Å². The summed E-state index contributed by atoms with van der Waals surface area (Å²) in [6, 6.07) is 5.69. The van der Waals surface area contributed by atoms with E-state index in [0.29, 0.717) is 16.4 Å². The number of aromatic nitrogens is 1. The highest BCUT2D eigenvalue weighted by atomic mass is 32.1. The number of amides is 1. The Labute approximate surface area is 119 Å². The minimum Gasteiger partial charge on any atom is -0.478 e. The number of carboxylic acid groups (broad SMARTS) is 1. The molecule has 1 atom stereocenters. The molecule has 2 aromatic rings. The molecular formula is C13H13N3O3S. The van der Waals surface area contributed by atoms with Gasteiger partial charge in [-0.05, 0) is 31.2 Å². The zero-order valence-electron chi connectivity index (χ0n) is 10.7. The quantitative estimate of drug-likeness (QED) is 0.800. The largest absolute Gasteiger partial charge is 0.478 e. The van der Waals surface area contributed by atoms with Gasteiger partial charge in [-0.25, -0.2) is 9.78 Å². The highest BCUT2D eigenvalue weighted by Gasteiger charge is 2.13. The first-order chi connectivity index (χ1) is 9.47. The molecule has 6 nitrogen and oxygen atoms in total. The second kappa shape index (κ2) is 5.81. The van der Waals surface area contributed by atoms with Crippen LogP contribution in [0.25, 0.3) is 0 Å². The molecule has 0 aliphatic rings. The summed E-state index contributed by atoms with van der Waals surface area (Å²) in [5.41, 5.74) is 6.65. The number of rotatable bonds is 4. The van der Waals surface area contributed by atoms with Gasteiger partial charge in [-0.2, -0.15) is 0 Å². The first kappa shape index (κ1) is 14.2. The summed E-state index contributed by atoms with van der Waals surface area (Å²) in [6.45, 7) is 1.80. The molecule has 1 amide bonds.